The number of carbonyl (C=O) groups is 1. The first-order chi connectivity index (χ1) is 11.5. The summed E-state index contributed by atoms with van der Waals surface area (Å²) < 4.78 is 25.1. The van der Waals surface area contributed by atoms with Crippen LogP contribution in [0.1, 0.15) is 24.2 Å². The van der Waals surface area contributed by atoms with E-state index < -0.39 is 16.6 Å². The molecule has 7 heteroatoms. The van der Waals surface area contributed by atoms with Crippen molar-refractivity contribution in [3.63, 3.8) is 0 Å². The molecule has 0 aliphatic carbocycles. The van der Waals surface area contributed by atoms with Crippen LogP contribution in [0.5, 0.6) is 0 Å². The van der Waals surface area contributed by atoms with Crippen molar-refractivity contribution in [2.24, 2.45) is 0 Å². The standard InChI is InChI=1S/C17H20FN3O2S/c1-4-21(5-2)16-9-6-12(11-19-16)17(22)20-13-7-8-15(24(3)23)14(18)10-13/h6-11H,4-5H2,1-3H3,(H,20,22). The molecule has 0 aliphatic rings. The van der Waals surface area contributed by atoms with Crippen LogP contribution in [-0.4, -0.2) is 34.4 Å². The van der Waals surface area contributed by atoms with E-state index >= 15 is 0 Å². The lowest BCUT2D eigenvalue weighted by Gasteiger charge is -2.19. The van der Waals surface area contributed by atoms with E-state index in [9.17, 15) is 13.4 Å². The third-order valence-electron chi connectivity index (χ3n) is 3.60. The van der Waals surface area contributed by atoms with Crippen molar-refractivity contribution in [2.75, 3.05) is 29.6 Å². The number of carbonyl (C=O) groups excluding carboxylic acids is 1. The Balaban J connectivity index is 2.12. The van der Waals surface area contributed by atoms with Gasteiger partial charge < -0.3 is 10.2 Å². The molecule has 128 valence electrons. The van der Waals surface area contributed by atoms with Crippen molar-refractivity contribution in [3.8, 4) is 0 Å². The molecule has 1 amide bonds. The number of rotatable bonds is 6. The molecule has 1 heterocycles. The van der Waals surface area contributed by atoms with Crippen LogP contribution in [0, 0.1) is 5.82 Å². The third kappa shape index (κ3) is 4.17. The zero-order chi connectivity index (χ0) is 17.7. The Labute approximate surface area is 143 Å². The molecule has 2 aromatic rings. The number of pyridine rings is 1. The number of hydrogen-bond donors (Lipinski definition) is 1. The minimum absolute atomic E-state index is 0.109. The third-order valence-corrected chi connectivity index (χ3v) is 4.55. The van der Waals surface area contributed by atoms with Crippen molar-refractivity contribution in [2.45, 2.75) is 18.7 Å². The highest BCUT2D eigenvalue weighted by atomic mass is 32.2. The summed E-state index contributed by atoms with van der Waals surface area (Å²) >= 11 is 0. The zero-order valence-corrected chi connectivity index (χ0v) is 14.7. The Kier molecular flexibility index (Phi) is 6.03. The van der Waals surface area contributed by atoms with Gasteiger partial charge in [-0.1, -0.05) is 0 Å². The highest BCUT2D eigenvalue weighted by Crippen LogP contribution is 2.18. The van der Waals surface area contributed by atoms with Gasteiger partial charge >= 0.3 is 0 Å². The number of halogens is 1. The van der Waals surface area contributed by atoms with Gasteiger partial charge in [-0.2, -0.15) is 0 Å². The summed E-state index contributed by atoms with van der Waals surface area (Å²) in [4.78, 5) is 18.7. The monoisotopic (exact) mass is 349 g/mol. The number of nitrogens with zero attached hydrogens (tertiary/aromatic N) is 2. The van der Waals surface area contributed by atoms with Gasteiger partial charge in [-0.05, 0) is 44.2 Å². The van der Waals surface area contributed by atoms with E-state index in [1.54, 1.807) is 12.1 Å². The predicted molar refractivity (Wildman–Crippen MR) is 94.5 cm³/mol. The summed E-state index contributed by atoms with van der Waals surface area (Å²) in [7, 11) is -1.41. The van der Waals surface area contributed by atoms with Gasteiger partial charge in [0.05, 0.1) is 21.3 Å². The molecular formula is C17H20FN3O2S. The molecule has 0 aliphatic heterocycles. The van der Waals surface area contributed by atoms with Crippen LogP contribution in [-0.2, 0) is 10.8 Å². The summed E-state index contributed by atoms with van der Waals surface area (Å²) in [5.41, 5.74) is 0.689. The van der Waals surface area contributed by atoms with Crippen molar-refractivity contribution in [1.82, 2.24) is 4.98 Å². The summed E-state index contributed by atoms with van der Waals surface area (Å²) in [5, 5.41) is 2.61. The first-order valence-electron chi connectivity index (χ1n) is 7.61. The fourth-order valence-electron chi connectivity index (χ4n) is 2.27. The largest absolute Gasteiger partial charge is 0.357 e. The summed E-state index contributed by atoms with van der Waals surface area (Å²) in [6.07, 6.45) is 2.90. The van der Waals surface area contributed by atoms with Crippen LogP contribution in [0.25, 0.3) is 0 Å². The molecule has 0 saturated carbocycles. The maximum Gasteiger partial charge on any atom is 0.257 e. The van der Waals surface area contributed by atoms with E-state index in [0.29, 0.717) is 11.3 Å². The van der Waals surface area contributed by atoms with Gasteiger partial charge in [0.2, 0.25) is 0 Å². The minimum atomic E-state index is -1.41. The van der Waals surface area contributed by atoms with E-state index in [4.69, 9.17) is 0 Å². The van der Waals surface area contributed by atoms with E-state index in [0.717, 1.165) is 25.0 Å². The number of anilines is 2. The van der Waals surface area contributed by atoms with E-state index in [2.05, 4.69) is 15.2 Å². The minimum Gasteiger partial charge on any atom is -0.357 e. The quantitative estimate of drug-likeness (QED) is 0.871. The molecule has 5 nitrogen and oxygen atoms in total. The number of aromatic nitrogens is 1. The molecule has 0 bridgehead atoms. The fourth-order valence-corrected chi connectivity index (χ4v) is 2.86. The zero-order valence-electron chi connectivity index (χ0n) is 13.9. The number of amides is 1. The normalized spacial score (nSPS) is 11.8. The summed E-state index contributed by atoms with van der Waals surface area (Å²) in [5.74, 6) is -0.181. The predicted octanol–water partition coefficient (Wildman–Crippen LogP) is 3.06. The smallest absolute Gasteiger partial charge is 0.257 e. The van der Waals surface area contributed by atoms with Crippen LogP contribution in [0.3, 0.4) is 0 Å². The van der Waals surface area contributed by atoms with Crippen LogP contribution < -0.4 is 10.2 Å². The first-order valence-corrected chi connectivity index (χ1v) is 9.17. The van der Waals surface area contributed by atoms with Crippen molar-refractivity contribution in [3.05, 3.63) is 47.9 Å². The molecule has 1 unspecified atom stereocenters. The lowest BCUT2D eigenvalue weighted by atomic mass is 10.2. The van der Waals surface area contributed by atoms with Gasteiger partial charge in [0, 0.05) is 31.2 Å². The molecule has 1 atom stereocenters. The molecule has 2 rings (SSSR count). The first kappa shape index (κ1) is 18.1. The van der Waals surface area contributed by atoms with Gasteiger partial charge in [0.25, 0.3) is 5.91 Å². The number of nitrogens with one attached hydrogen (secondary N) is 1. The van der Waals surface area contributed by atoms with E-state index in [1.165, 1.54) is 24.6 Å². The maximum atomic E-state index is 13.8. The molecule has 0 radical (unpaired) electrons. The Morgan fingerprint density at radius 3 is 2.46 bits per heavy atom. The second-order valence-corrected chi connectivity index (χ2v) is 6.48. The molecule has 0 fully saturated rings. The van der Waals surface area contributed by atoms with Crippen molar-refractivity contribution in [1.29, 1.82) is 0 Å². The molecule has 1 aromatic carbocycles. The van der Waals surface area contributed by atoms with Crippen LogP contribution >= 0.6 is 0 Å². The highest BCUT2D eigenvalue weighted by molar-refractivity contribution is 7.84. The maximum absolute atomic E-state index is 13.8. The topological polar surface area (TPSA) is 62.3 Å². The Morgan fingerprint density at radius 1 is 1.25 bits per heavy atom. The van der Waals surface area contributed by atoms with Gasteiger partial charge in [-0.15, -0.1) is 0 Å². The van der Waals surface area contributed by atoms with E-state index in [-0.39, 0.29) is 10.8 Å². The van der Waals surface area contributed by atoms with Crippen LogP contribution in [0.15, 0.2) is 41.4 Å². The molecule has 0 spiro atoms. The summed E-state index contributed by atoms with van der Waals surface area (Å²) in [6.45, 7) is 5.74. The van der Waals surface area contributed by atoms with Crippen molar-refractivity contribution >= 4 is 28.2 Å². The van der Waals surface area contributed by atoms with Crippen molar-refractivity contribution < 1.29 is 13.4 Å². The number of benzene rings is 1. The molecule has 24 heavy (non-hydrogen) atoms. The summed E-state index contributed by atoms with van der Waals surface area (Å²) in [6, 6.07) is 7.55. The van der Waals surface area contributed by atoms with Gasteiger partial charge in [0.1, 0.15) is 11.6 Å². The highest BCUT2D eigenvalue weighted by Gasteiger charge is 2.11. The van der Waals surface area contributed by atoms with Gasteiger partial charge in [-0.3, -0.25) is 9.00 Å². The average Bonchev–Trinajstić information content (AvgIpc) is 2.56. The molecule has 1 aromatic heterocycles. The lowest BCUT2D eigenvalue weighted by molar-refractivity contribution is 0.102. The van der Waals surface area contributed by atoms with Gasteiger partial charge in [0.15, 0.2) is 0 Å². The Hall–Kier alpha value is -2.28. The number of hydrogen-bond acceptors (Lipinski definition) is 4. The van der Waals surface area contributed by atoms with Crippen LogP contribution in [0.2, 0.25) is 0 Å². The van der Waals surface area contributed by atoms with Gasteiger partial charge in [-0.25, -0.2) is 9.37 Å². The lowest BCUT2D eigenvalue weighted by Crippen LogP contribution is -2.23. The second-order valence-electron chi connectivity index (χ2n) is 5.13. The van der Waals surface area contributed by atoms with Crippen LogP contribution in [0.4, 0.5) is 15.9 Å². The Morgan fingerprint density at radius 2 is 1.96 bits per heavy atom. The van der Waals surface area contributed by atoms with E-state index in [1.807, 2.05) is 13.8 Å². The molecular weight excluding hydrogens is 329 g/mol. The Bertz CT molecular complexity index is 746. The molecule has 1 N–H and O–H groups in total. The average molecular weight is 349 g/mol. The fraction of sp³-hybridized carbons (Fsp3) is 0.294. The second kappa shape index (κ2) is 8.01. The SMILES string of the molecule is CCN(CC)c1ccc(C(=O)Nc2ccc(S(C)=O)c(F)c2)cn1. The molecule has 0 saturated heterocycles.